The van der Waals surface area contributed by atoms with Crippen LogP contribution in [0.1, 0.15) is 0 Å². The molecule has 0 amide bonds. The van der Waals surface area contributed by atoms with Crippen molar-refractivity contribution in [3.8, 4) is 0 Å². The van der Waals surface area contributed by atoms with Gasteiger partial charge in [0.25, 0.3) is 0 Å². The van der Waals surface area contributed by atoms with Crippen molar-refractivity contribution in [3.63, 3.8) is 0 Å². The lowest BCUT2D eigenvalue weighted by Gasteiger charge is -2.02. The fourth-order valence-corrected chi connectivity index (χ4v) is 1.24. The van der Waals surface area contributed by atoms with Crippen molar-refractivity contribution in [2.45, 2.75) is 0 Å². The molecule has 0 aliphatic carbocycles. The van der Waals surface area contributed by atoms with Gasteiger partial charge in [-0.1, -0.05) is 0 Å². The summed E-state index contributed by atoms with van der Waals surface area (Å²) in [5, 5.41) is 2.67. The fourth-order valence-electron chi connectivity index (χ4n) is 0.758. The highest BCUT2D eigenvalue weighted by Gasteiger charge is 1.93. The zero-order chi connectivity index (χ0) is 8.93. The number of hydrogen-bond donors (Lipinski definition) is 2. The first kappa shape index (κ1) is 7.93. The Morgan fingerprint density at radius 2 is 1.85 bits per heavy atom. The molecule has 2 aromatic rings. The number of hydrazine groups is 1. The van der Waals surface area contributed by atoms with Crippen molar-refractivity contribution in [2.24, 2.45) is 0 Å². The van der Waals surface area contributed by atoms with Crippen LogP contribution in [0.3, 0.4) is 0 Å². The molecule has 2 aromatic heterocycles. The Morgan fingerprint density at radius 1 is 1.00 bits per heavy atom. The number of anilines is 2. The molecule has 0 unspecified atom stereocenters. The molecule has 0 saturated heterocycles. The van der Waals surface area contributed by atoms with Crippen LogP contribution in [0.2, 0.25) is 0 Å². The van der Waals surface area contributed by atoms with Crippen LogP contribution in [0.25, 0.3) is 0 Å². The minimum atomic E-state index is 0.526. The maximum atomic E-state index is 4.02. The van der Waals surface area contributed by atoms with Crippen LogP contribution in [0.5, 0.6) is 0 Å². The molecule has 0 saturated carbocycles. The standard InChI is InChI=1S/C7H7N5S/c1-2-8-6(9-3-1)11-12-7-10-4-5-13-7/h1-5H,(H,10,12)(H,8,9,11). The molecule has 66 valence electrons. The summed E-state index contributed by atoms with van der Waals surface area (Å²) in [6.45, 7) is 0. The van der Waals surface area contributed by atoms with E-state index in [0.717, 1.165) is 5.13 Å². The van der Waals surface area contributed by atoms with E-state index in [1.165, 1.54) is 11.3 Å². The predicted molar refractivity (Wildman–Crippen MR) is 51.4 cm³/mol. The van der Waals surface area contributed by atoms with Crippen molar-refractivity contribution in [1.82, 2.24) is 15.0 Å². The molecule has 0 aliphatic heterocycles. The first-order valence-corrected chi connectivity index (χ1v) is 4.51. The van der Waals surface area contributed by atoms with Gasteiger partial charge in [-0.25, -0.2) is 15.0 Å². The second-order valence-electron chi connectivity index (χ2n) is 2.16. The Hall–Kier alpha value is -1.69. The Morgan fingerprint density at radius 3 is 2.54 bits per heavy atom. The molecule has 0 atom stereocenters. The summed E-state index contributed by atoms with van der Waals surface area (Å²) in [5.74, 6) is 0.526. The van der Waals surface area contributed by atoms with E-state index in [2.05, 4.69) is 25.8 Å². The van der Waals surface area contributed by atoms with Crippen molar-refractivity contribution < 1.29 is 0 Å². The number of hydrogen-bond acceptors (Lipinski definition) is 6. The Balaban J connectivity index is 1.94. The lowest BCUT2D eigenvalue weighted by atomic mass is 10.7. The summed E-state index contributed by atoms with van der Waals surface area (Å²) >= 11 is 1.50. The van der Waals surface area contributed by atoms with Gasteiger partial charge < -0.3 is 0 Å². The topological polar surface area (TPSA) is 62.7 Å². The third kappa shape index (κ3) is 2.12. The quantitative estimate of drug-likeness (QED) is 0.721. The molecule has 0 aliphatic rings. The summed E-state index contributed by atoms with van der Waals surface area (Å²) in [6.07, 6.45) is 5.05. The average molecular weight is 193 g/mol. The summed E-state index contributed by atoms with van der Waals surface area (Å²) in [5.41, 5.74) is 5.70. The zero-order valence-electron chi connectivity index (χ0n) is 6.64. The maximum absolute atomic E-state index is 4.02. The summed E-state index contributed by atoms with van der Waals surface area (Å²) in [6, 6.07) is 1.76. The Bertz CT molecular complexity index is 346. The summed E-state index contributed by atoms with van der Waals surface area (Å²) < 4.78 is 0. The van der Waals surface area contributed by atoms with Crippen LogP contribution in [0.15, 0.2) is 30.0 Å². The first-order chi connectivity index (χ1) is 6.45. The molecule has 0 radical (unpaired) electrons. The highest BCUT2D eigenvalue weighted by Crippen LogP contribution is 2.09. The highest BCUT2D eigenvalue weighted by atomic mass is 32.1. The van der Waals surface area contributed by atoms with E-state index in [1.54, 1.807) is 24.7 Å². The van der Waals surface area contributed by atoms with Gasteiger partial charge in [0.2, 0.25) is 11.1 Å². The van der Waals surface area contributed by atoms with Crippen molar-refractivity contribution in [3.05, 3.63) is 30.0 Å². The third-order valence-corrected chi connectivity index (χ3v) is 1.97. The van der Waals surface area contributed by atoms with E-state index in [1.807, 2.05) is 5.38 Å². The zero-order valence-corrected chi connectivity index (χ0v) is 7.45. The Labute approximate surface area is 78.9 Å². The van der Waals surface area contributed by atoms with Crippen LogP contribution in [-0.2, 0) is 0 Å². The van der Waals surface area contributed by atoms with Gasteiger partial charge in [0.15, 0.2) is 0 Å². The molecular formula is C7H7N5S. The van der Waals surface area contributed by atoms with Gasteiger partial charge in [0, 0.05) is 24.0 Å². The Kier molecular flexibility index (Phi) is 2.33. The molecule has 0 spiro atoms. The van der Waals surface area contributed by atoms with Crippen molar-refractivity contribution in [2.75, 3.05) is 10.9 Å². The molecular weight excluding hydrogens is 186 g/mol. The maximum Gasteiger partial charge on any atom is 0.241 e. The number of rotatable bonds is 3. The molecule has 2 heterocycles. The van der Waals surface area contributed by atoms with Gasteiger partial charge in [-0.3, -0.25) is 10.9 Å². The highest BCUT2D eigenvalue weighted by molar-refractivity contribution is 7.13. The number of nitrogens with one attached hydrogen (secondary N) is 2. The molecule has 2 rings (SSSR count). The van der Waals surface area contributed by atoms with E-state index in [0.29, 0.717) is 5.95 Å². The largest absolute Gasteiger partial charge is 0.273 e. The van der Waals surface area contributed by atoms with Gasteiger partial charge in [-0.05, 0) is 6.07 Å². The second kappa shape index (κ2) is 3.81. The normalized spacial score (nSPS) is 9.54. The molecule has 0 bridgehead atoms. The smallest absolute Gasteiger partial charge is 0.241 e. The van der Waals surface area contributed by atoms with E-state index >= 15 is 0 Å². The number of nitrogens with zero attached hydrogens (tertiary/aromatic N) is 3. The number of aromatic nitrogens is 3. The van der Waals surface area contributed by atoms with Gasteiger partial charge in [0.1, 0.15) is 0 Å². The van der Waals surface area contributed by atoms with Gasteiger partial charge in [-0.15, -0.1) is 11.3 Å². The van der Waals surface area contributed by atoms with Gasteiger partial charge in [-0.2, -0.15) is 0 Å². The van der Waals surface area contributed by atoms with Gasteiger partial charge in [0.05, 0.1) is 0 Å². The summed E-state index contributed by atoms with van der Waals surface area (Å²) in [7, 11) is 0. The van der Waals surface area contributed by atoms with E-state index < -0.39 is 0 Å². The lowest BCUT2D eigenvalue weighted by Crippen LogP contribution is -2.10. The second-order valence-corrected chi connectivity index (χ2v) is 3.05. The van der Waals surface area contributed by atoms with Crippen LogP contribution in [-0.4, -0.2) is 15.0 Å². The SMILES string of the molecule is c1cnc(NNc2nccs2)nc1. The molecule has 0 aromatic carbocycles. The fraction of sp³-hybridized carbons (Fsp3) is 0. The minimum Gasteiger partial charge on any atom is -0.273 e. The molecule has 0 fully saturated rings. The van der Waals surface area contributed by atoms with Crippen LogP contribution < -0.4 is 10.9 Å². The number of thiazole rings is 1. The van der Waals surface area contributed by atoms with E-state index in [-0.39, 0.29) is 0 Å². The van der Waals surface area contributed by atoms with Crippen LogP contribution in [0.4, 0.5) is 11.1 Å². The van der Waals surface area contributed by atoms with Crippen molar-refractivity contribution >= 4 is 22.4 Å². The summed E-state index contributed by atoms with van der Waals surface area (Å²) in [4.78, 5) is 12.0. The van der Waals surface area contributed by atoms with E-state index in [4.69, 9.17) is 0 Å². The molecule has 13 heavy (non-hydrogen) atoms. The van der Waals surface area contributed by atoms with Crippen LogP contribution >= 0.6 is 11.3 Å². The van der Waals surface area contributed by atoms with Crippen molar-refractivity contribution in [1.29, 1.82) is 0 Å². The van der Waals surface area contributed by atoms with E-state index in [9.17, 15) is 0 Å². The molecule has 6 heteroatoms. The van der Waals surface area contributed by atoms with Gasteiger partial charge >= 0.3 is 0 Å². The third-order valence-electron chi connectivity index (χ3n) is 1.28. The van der Waals surface area contributed by atoms with Crippen LogP contribution in [0, 0.1) is 0 Å². The minimum absolute atomic E-state index is 0.526. The molecule has 2 N–H and O–H groups in total. The lowest BCUT2D eigenvalue weighted by molar-refractivity contribution is 1.14. The first-order valence-electron chi connectivity index (χ1n) is 3.64. The monoisotopic (exact) mass is 193 g/mol. The average Bonchev–Trinajstić information content (AvgIpc) is 2.69. The predicted octanol–water partition coefficient (Wildman–Crippen LogP) is 1.37. The molecule has 5 nitrogen and oxygen atoms in total.